The highest BCUT2D eigenvalue weighted by Gasteiger charge is 2.47. The zero-order valence-electron chi connectivity index (χ0n) is 23.9. The Hall–Kier alpha value is -1.51. The lowest BCUT2D eigenvalue weighted by atomic mass is 9.99. The molecular formula is C29H47FO5Si. The van der Waals surface area contributed by atoms with Gasteiger partial charge in [0.1, 0.15) is 23.8 Å². The van der Waals surface area contributed by atoms with Gasteiger partial charge in [-0.1, -0.05) is 45.9 Å². The number of hydrogen-bond acceptors (Lipinski definition) is 5. The molecule has 1 aliphatic rings. The fourth-order valence-corrected chi connectivity index (χ4v) is 5.43. The van der Waals surface area contributed by atoms with E-state index in [0.29, 0.717) is 6.42 Å². The van der Waals surface area contributed by atoms with Crippen LogP contribution in [0.3, 0.4) is 0 Å². The van der Waals surface area contributed by atoms with Crippen LogP contribution in [0.5, 0.6) is 5.75 Å². The van der Waals surface area contributed by atoms with Crippen LogP contribution in [0.15, 0.2) is 48.8 Å². The molecule has 204 valence electrons. The van der Waals surface area contributed by atoms with E-state index in [-0.39, 0.29) is 35.6 Å². The summed E-state index contributed by atoms with van der Waals surface area (Å²) in [5.74, 6) is -0.613. The van der Waals surface area contributed by atoms with Gasteiger partial charge < -0.3 is 23.4 Å². The van der Waals surface area contributed by atoms with Crippen molar-refractivity contribution in [1.29, 1.82) is 0 Å². The lowest BCUT2D eigenvalue weighted by molar-refractivity contribution is -0.158. The van der Waals surface area contributed by atoms with Crippen molar-refractivity contribution in [1.82, 2.24) is 0 Å². The van der Waals surface area contributed by atoms with Gasteiger partial charge in [0, 0.05) is 12.0 Å². The average Bonchev–Trinajstić information content (AvgIpc) is 3.07. The Kier molecular flexibility index (Phi) is 10.5. The van der Waals surface area contributed by atoms with Crippen LogP contribution in [0.25, 0.3) is 0 Å². The summed E-state index contributed by atoms with van der Waals surface area (Å²) in [6.45, 7) is 22.8. The quantitative estimate of drug-likeness (QED) is 0.209. The summed E-state index contributed by atoms with van der Waals surface area (Å²) in [6, 6.07) is 7.54. The van der Waals surface area contributed by atoms with Gasteiger partial charge in [0.05, 0.1) is 19.8 Å². The smallest absolute Gasteiger partial charge is 0.192 e. The van der Waals surface area contributed by atoms with E-state index in [0.717, 1.165) is 11.3 Å². The van der Waals surface area contributed by atoms with Crippen LogP contribution in [-0.2, 0) is 25.2 Å². The first-order chi connectivity index (χ1) is 16.6. The van der Waals surface area contributed by atoms with Crippen LogP contribution >= 0.6 is 0 Å². The molecule has 1 aromatic carbocycles. The van der Waals surface area contributed by atoms with E-state index in [4.69, 9.17) is 23.4 Å². The van der Waals surface area contributed by atoms with Gasteiger partial charge in [0.25, 0.3) is 0 Å². The minimum absolute atomic E-state index is 0.0752. The first kappa shape index (κ1) is 30.7. The van der Waals surface area contributed by atoms with Crippen molar-refractivity contribution < 1.29 is 27.8 Å². The van der Waals surface area contributed by atoms with E-state index in [1.165, 1.54) is 0 Å². The Morgan fingerprint density at radius 3 is 2.31 bits per heavy atom. The number of benzene rings is 1. The zero-order valence-corrected chi connectivity index (χ0v) is 24.9. The molecule has 0 spiro atoms. The maximum Gasteiger partial charge on any atom is 0.192 e. The Morgan fingerprint density at radius 2 is 1.78 bits per heavy atom. The second-order valence-electron chi connectivity index (χ2n) is 11.7. The standard InChI is InChI=1S/C29H47FO5Si/c1-12-13-25-27(34-29(7,8)33-25)26(32-19-22-14-16-23(31-9)17-15-22)24(30)18-20(2)21(3)35-36(10,11)28(4,5)6/h12,14-18,20-21,25-27H,1,13,19H2,2-11H3/b24-18+/t20-,21+,25?,26?,27?/m1/s1. The monoisotopic (exact) mass is 522 g/mol. The molecule has 0 aromatic heterocycles. The summed E-state index contributed by atoms with van der Waals surface area (Å²) in [5, 5.41) is 0.0752. The molecule has 7 heteroatoms. The molecule has 0 radical (unpaired) electrons. The third-order valence-corrected chi connectivity index (χ3v) is 11.8. The van der Waals surface area contributed by atoms with E-state index in [1.807, 2.05) is 52.0 Å². The van der Waals surface area contributed by atoms with Crippen molar-refractivity contribution in [3.63, 3.8) is 0 Å². The van der Waals surface area contributed by atoms with Crippen molar-refractivity contribution in [2.24, 2.45) is 5.92 Å². The summed E-state index contributed by atoms with van der Waals surface area (Å²) in [5.41, 5.74) is 0.912. The first-order valence-corrected chi connectivity index (χ1v) is 15.8. The molecule has 0 saturated carbocycles. The topological polar surface area (TPSA) is 46.2 Å². The van der Waals surface area contributed by atoms with E-state index in [2.05, 4.69) is 40.4 Å². The molecule has 1 heterocycles. The molecule has 0 bridgehead atoms. The molecule has 1 saturated heterocycles. The highest BCUT2D eigenvalue weighted by molar-refractivity contribution is 6.74. The molecular weight excluding hydrogens is 475 g/mol. The van der Waals surface area contributed by atoms with Crippen molar-refractivity contribution >= 4 is 8.32 Å². The maximum absolute atomic E-state index is 16.0. The summed E-state index contributed by atoms with van der Waals surface area (Å²) in [6.07, 6.45) is 1.87. The molecule has 0 N–H and O–H groups in total. The Labute approximate surface area is 219 Å². The number of hydrogen-bond donors (Lipinski definition) is 0. The second kappa shape index (κ2) is 12.4. The zero-order chi connectivity index (χ0) is 27.3. The van der Waals surface area contributed by atoms with Crippen LogP contribution < -0.4 is 4.74 Å². The van der Waals surface area contributed by atoms with E-state index >= 15 is 4.39 Å². The van der Waals surface area contributed by atoms with Crippen molar-refractivity contribution in [3.8, 4) is 5.75 Å². The van der Waals surface area contributed by atoms with Crippen molar-refractivity contribution in [3.05, 3.63) is 54.4 Å². The molecule has 1 fully saturated rings. The number of rotatable bonds is 12. The molecule has 1 aliphatic heterocycles. The summed E-state index contributed by atoms with van der Waals surface area (Å²) >= 11 is 0. The van der Waals surface area contributed by atoms with Crippen LogP contribution in [0.2, 0.25) is 18.1 Å². The fraction of sp³-hybridized carbons (Fsp3) is 0.655. The predicted octanol–water partition coefficient (Wildman–Crippen LogP) is 7.58. The average molecular weight is 523 g/mol. The van der Waals surface area contributed by atoms with Crippen LogP contribution in [0.1, 0.15) is 60.5 Å². The molecule has 1 aromatic rings. The van der Waals surface area contributed by atoms with Gasteiger partial charge >= 0.3 is 0 Å². The molecule has 0 amide bonds. The highest BCUT2D eigenvalue weighted by atomic mass is 28.4. The lowest BCUT2D eigenvalue weighted by Gasteiger charge is -2.39. The lowest BCUT2D eigenvalue weighted by Crippen LogP contribution is -2.44. The van der Waals surface area contributed by atoms with Crippen molar-refractivity contribution in [2.75, 3.05) is 7.11 Å². The predicted molar refractivity (Wildman–Crippen MR) is 146 cm³/mol. The third-order valence-electron chi connectivity index (χ3n) is 7.23. The van der Waals surface area contributed by atoms with Gasteiger partial charge in [-0.2, -0.15) is 0 Å². The van der Waals surface area contributed by atoms with Gasteiger partial charge in [-0.25, -0.2) is 4.39 Å². The molecule has 2 rings (SSSR count). The first-order valence-electron chi connectivity index (χ1n) is 12.9. The second-order valence-corrected chi connectivity index (χ2v) is 16.5. The number of ether oxygens (including phenoxy) is 4. The molecule has 5 atom stereocenters. The minimum Gasteiger partial charge on any atom is -0.497 e. The third kappa shape index (κ3) is 8.25. The van der Waals surface area contributed by atoms with E-state index in [1.54, 1.807) is 19.3 Å². The Balaban J connectivity index is 2.29. The maximum atomic E-state index is 16.0. The molecule has 0 aliphatic carbocycles. The van der Waals surface area contributed by atoms with Crippen LogP contribution in [0.4, 0.5) is 4.39 Å². The van der Waals surface area contributed by atoms with Gasteiger partial charge in [-0.15, -0.1) is 6.58 Å². The SMILES string of the molecule is C=CCC1OC(C)(C)OC1C(OCc1ccc(OC)cc1)/C(F)=C\[C@@H](C)[C@H](C)O[Si](C)(C)C(C)(C)C. The van der Waals surface area contributed by atoms with E-state index < -0.39 is 26.3 Å². The van der Waals surface area contributed by atoms with Gasteiger partial charge in [0.2, 0.25) is 0 Å². The normalized spacial score (nSPS) is 23.2. The highest BCUT2D eigenvalue weighted by Crippen LogP contribution is 2.39. The molecule has 36 heavy (non-hydrogen) atoms. The number of methoxy groups -OCH3 is 1. The van der Waals surface area contributed by atoms with Gasteiger partial charge in [-0.3, -0.25) is 0 Å². The van der Waals surface area contributed by atoms with Crippen molar-refractivity contribution in [2.45, 2.75) is 110 Å². The largest absolute Gasteiger partial charge is 0.497 e. The van der Waals surface area contributed by atoms with Gasteiger partial charge in [-0.05, 0) is 69.1 Å². The summed E-state index contributed by atoms with van der Waals surface area (Å²) in [7, 11) is -0.369. The van der Waals surface area contributed by atoms with Crippen LogP contribution in [-0.4, -0.2) is 45.6 Å². The summed E-state index contributed by atoms with van der Waals surface area (Å²) in [4.78, 5) is 0. The molecule has 5 nitrogen and oxygen atoms in total. The van der Waals surface area contributed by atoms with Crippen LogP contribution in [0, 0.1) is 5.92 Å². The van der Waals surface area contributed by atoms with E-state index in [9.17, 15) is 0 Å². The fourth-order valence-electron chi connectivity index (χ4n) is 3.94. The Morgan fingerprint density at radius 1 is 1.17 bits per heavy atom. The summed E-state index contributed by atoms with van der Waals surface area (Å²) < 4.78 is 46.2. The molecule has 3 unspecified atom stereocenters. The van der Waals surface area contributed by atoms with Gasteiger partial charge in [0.15, 0.2) is 14.1 Å². The minimum atomic E-state index is -1.99. The number of halogens is 1. The Bertz CT molecular complexity index is 875.